The average molecular weight is 484 g/mol. The number of carbonyl (C=O) groups is 1. The van der Waals surface area contributed by atoms with Crippen LogP contribution in [0.3, 0.4) is 0 Å². The summed E-state index contributed by atoms with van der Waals surface area (Å²) in [5.74, 6) is -0.225. The maximum absolute atomic E-state index is 12.9. The van der Waals surface area contributed by atoms with Crippen LogP contribution < -0.4 is 10.1 Å². The Labute approximate surface area is 206 Å². The SMILES string of the molecule is N#C/C(=C\c1c(OCc2ccccc2Cl)ccc2ccccc12)C(=O)Nc1cccc([N+](=O)[O-])c1. The number of nitro benzene ring substituents is 1. The van der Waals surface area contributed by atoms with Gasteiger partial charge in [-0.2, -0.15) is 5.26 Å². The van der Waals surface area contributed by atoms with Crippen LogP contribution in [-0.2, 0) is 11.4 Å². The minimum absolute atomic E-state index is 0.172. The number of amides is 1. The van der Waals surface area contributed by atoms with Gasteiger partial charge in [0.05, 0.1) is 4.92 Å². The predicted octanol–water partition coefficient (Wildman–Crippen LogP) is 6.53. The van der Waals surface area contributed by atoms with E-state index in [-0.39, 0.29) is 23.6 Å². The van der Waals surface area contributed by atoms with Crippen molar-refractivity contribution in [3.05, 3.63) is 117 Å². The molecule has 8 heteroatoms. The Balaban J connectivity index is 1.70. The highest BCUT2D eigenvalue weighted by Crippen LogP contribution is 2.31. The summed E-state index contributed by atoms with van der Waals surface area (Å²) in [6, 6.07) is 25.9. The highest BCUT2D eigenvalue weighted by atomic mass is 35.5. The van der Waals surface area contributed by atoms with Gasteiger partial charge in [-0.25, -0.2) is 0 Å². The third-order valence-corrected chi connectivity index (χ3v) is 5.61. The number of hydrogen-bond acceptors (Lipinski definition) is 5. The largest absolute Gasteiger partial charge is 0.488 e. The molecule has 0 heterocycles. The Hall–Kier alpha value is -4.67. The smallest absolute Gasteiger partial charge is 0.271 e. The van der Waals surface area contributed by atoms with Gasteiger partial charge in [-0.3, -0.25) is 14.9 Å². The van der Waals surface area contributed by atoms with Gasteiger partial charge in [-0.15, -0.1) is 0 Å². The summed E-state index contributed by atoms with van der Waals surface area (Å²) >= 11 is 6.25. The maximum Gasteiger partial charge on any atom is 0.271 e. The number of benzene rings is 4. The van der Waals surface area contributed by atoms with Crippen LogP contribution in [0, 0.1) is 21.4 Å². The van der Waals surface area contributed by atoms with Crippen molar-refractivity contribution in [1.29, 1.82) is 5.26 Å². The second-order valence-corrected chi connectivity index (χ2v) is 7.92. The summed E-state index contributed by atoms with van der Waals surface area (Å²) < 4.78 is 6.05. The normalized spacial score (nSPS) is 11.0. The van der Waals surface area contributed by atoms with E-state index in [4.69, 9.17) is 16.3 Å². The van der Waals surface area contributed by atoms with Crippen molar-refractivity contribution in [2.24, 2.45) is 0 Å². The van der Waals surface area contributed by atoms with Gasteiger partial charge >= 0.3 is 0 Å². The fourth-order valence-corrected chi connectivity index (χ4v) is 3.70. The van der Waals surface area contributed by atoms with E-state index in [0.717, 1.165) is 16.3 Å². The molecule has 0 spiro atoms. The summed E-state index contributed by atoms with van der Waals surface area (Å²) in [7, 11) is 0. The number of rotatable bonds is 7. The number of fused-ring (bicyclic) bond motifs is 1. The molecule has 0 saturated heterocycles. The van der Waals surface area contributed by atoms with Crippen molar-refractivity contribution in [3.8, 4) is 11.8 Å². The zero-order valence-corrected chi connectivity index (χ0v) is 19.0. The summed E-state index contributed by atoms with van der Waals surface area (Å²) in [5.41, 5.74) is 1.20. The van der Waals surface area contributed by atoms with Crippen LogP contribution in [0.4, 0.5) is 11.4 Å². The zero-order valence-electron chi connectivity index (χ0n) is 18.3. The molecule has 4 aromatic carbocycles. The number of anilines is 1. The number of non-ortho nitro benzene ring substituents is 1. The summed E-state index contributed by atoms with van der Waals surface area (Å²) in [5, 5.41) is 25.6. The lowest BCUT2D eigenvalue weighted by atomic mass is 10.0. The third-order valence-electron chi connectivity index (χ3n) is 5.24. The topological polar surface area (TPSA) is 105 Å². The molecule has 1 amide bonds. The molecule has 4 rings (SSSR count). The van der Waals surface area contributed by atoms with E-state index < -0.39 is 10.8 Å². The molecule has 7 nitrogen and oxygen atoms in total. The molecular weight excluding hydrogens is 466 g/mol. The van der Waals surface area contributed by atoms with Crippen molar-refractivity contribution in [1.82, 2.24) is 0 Å². The van der Waals surface area contributed by atoms with E-state index in [1.807, 2.05) is 54.6 Å². The Morgan fingerprint density at radius 2 is 1.83 bits per heavy atom. The van der Waals surface area contributed by atoms with Gasteiger partial charge in [0.2, 0.25) is 0 Å². The first-order chi connectivity index (χ1) is 17.0. The average Bonchev–Trinajstić information content (AvgIpc) is 2.87. The van der Waals surface area contributed by atoms with E-state index in [9.17, 15) is 20.2 Å². The van der Waals surface area contributed by atoms with Crippen molar-refractivity contribution in [3.63, 3.8) is 0 Å². The van der Waals surface area contributed by atoms with Crippen LogP contribution in [0.2, 0.25) is 5.02 Å². The van der Waals surface area contributed by atoms with Gasteiger partial charge < -0.3 is 10.1 Å². The number of ether oxygens (including phenoxy) is 1. The molecule has 0 aromatic heterocycles. The molecule has 35 heavy (non-hydrogen) atoms. The van der Waals surface area contributed by atoms with E-state index in [2.05, 4.69) is 5.32 Å². The number of hydrogen-bond donors (Lipinski definition) is 1. The highest BCUT2D eigenvalue weighted by Gasteiger charge is 2.15. The molecule has 172 valence electrons. The minimum atomic E-state index is -0.696. The molecule has 0 aliphatic carbocycles. The Bertz CT molecular complexity index is 1510. The second kappa shape index (κ2) is 10.5. The number of nitrogens with one attached hydrogen (secondary N) is 1. The fourth-order valence-electron chi connectivity index (χ4n) is 3.51. The number of halogens is 1. The maximum atomic E-state index is 12.9. The first-order valence-corrected chi connectivity index (χ1v) is 10.9. The molecule has 0 aliphatic heterocycles. The zero-order chi connectivity index (χ0) is 24.8. The van der Waals surface area contributed by atoms with Crippen molar-refractivity contribution >= 4 is 45.7 Å². The Morgan fingerprint density at radius 1 is 1.06 bits per heavy atom. The van der Waals surface area contributed by atoms with Gasteiger partial charge in [0, 0.05) is 34.0 Å². The third kappa shape index (κ3) is 5.46. The van der Waals surface area contributed by atoms with Gasteiger partial charge in [0.1, 0.15) is 24.0 Å². The lowest BCUT2D eigenvalue weighted by Crippen LogP contribution is -2.13. The van der Waals surface area contributed by atoms with Crippen LogP contribution in [-0.4, -0.2) is 10.8 Å². The van der Waals surface area contributed by atoms with E-state index in [1.54, 1.807) is 12.1 Å². The molecule has 4 aromatic rings. The van der Waals surface area contributed by atoms with Crippen molar-refractivity contribution < 1.29 is 14.5 Å². The number of nitro groups is 1. The molecule has 0 aliphatic rings. The van der Waals surface area contributed by atoms with Gasteiger partial charge in [-0.05, 0) is 35.0 Å². The number of nitrogens with zero attached hydrogens (tertiary/aromatic N) is 2. The molecule has 0 radical (unpaired) electrons. The summed E-state index contributed by atoms with van der Waals surface area (Å²) in [6.07, 6.45) is 1.46. The molecule has 0 fully saturated rings. The first-order valence-electron chi connectivity index (χ1n) is 10.5. The highest BCUT2D eigenvalue weighted by molar-refractivity contribution is 6.31. The standard InChI is InChI=1S/C27H18ClN3O4/c28-25-11-4-2-7-19(25)17-35-26-13-12-18-6-1-3-10-23(18)24(26)14-20(16-29)27(32)30-21-8-5-9-22(15-21)31(33)34/h1-15H,17H2,(H,30,32)/b20-14+. The molecule has 0 bridgehead atoms. The van der Waals surface area contributed by atoms with Crippen LogP contribution in [0.25, 0.3) is 16.8 Å². The molecular formula is C27H18ClN3O4. The lowest BCUT2D eigenvalue weighted by Gasteiger charge is -2.13. The minimum Gasteiger partial charge on any atom is -0.488 e. The van der Waals surface area contributed by atoms with Gasteiger partial charge in [0.15, 0.2) is 0 Å². The number of nitriles is 1. The van der Waals surface area contributed by atoms with E-state index in [0.29, 0.717) is 16.3 Å². The van der Waals surface area contributed by atoms with Crippen LogP contribution in [0.1, 0.15) is 11.1 Å². The Morgan fingerprint density at radius 3 is 2.60 bits per heavy atom. The van der Waals surface area contributed by atoms with Crippen molar-refractivity contribution in [2.75, 3.05) is 5.32 Å². The molecule has 0 atom stereocenters. The van der Waals surface area contributed by atoms with Crippen LogP contribution in [0.5, 0.6) is 5.75 Å². The van der Waals surface area contributed by atoms with Gasteiger partial charge in [-0.1, -0.05) is 66.2 Å². The molecule has 0 saturated carbocycles. The summed E-state index contributed by atoms with van der Waals surface area (Å²) in [6.45, 7) is 0.195. The predicted molar refractivity (Wildman–Crippen MR) is 135 cm³/mol. The monoisotopic (exact) mass is 483 g/mol. The van der Waals surface area contributed by atoms with Gasteiger partial charge in [0.25, 0.3) is 11.6 Å². The second-order valence-electron chi connectivity index (χ2n) is 7.51. The Kier molecular flexibility index (Phi) is 7.05. The van der Waals surface area contributed by atoms with E-state index >= 15 is 0 Å². The lowest BCUT2D eigenvalue weighted by molar-refractivity contribution is -0.384. The van der Waals surface area contributed by atoms with Crippen molar-refractivity contribution in [2.45, 2.75) is 6.61 Å². The first kappa shape index (κ1) is 23.5. The fraction of sp³-hybridized carbons (Fsp3) is 0.0370. The van der Waals surface area contributed by atoms with Crippen LogP contribution >= 0.6 is 11.6 Å². The van der Waals surface area contributed by atoms with E-state index in [1.165, 1.54) is 30.3 Å². The quantitative estimate of drug-likeness (QED) is 0.139. The summed E-state index contributed by atoms with van der Waals surface area (Å²) in [4.78, 5) is 23.3. The molecule has 0 unspecified atom stereocenters. The number of carbonyl (C=O) groups excluding carboxylic acids is 1. The molecule has 1 N–H and O–H groups in total. The van der Waals surface area contributed by atoms with Crippen LogP contribution in [0.15, 0.2) is 90.5 Å².